The number of piperidine rings is 1. The van der Waals surface area contributed by atoms with Crippen molar-refractivity contribution in [2.75, 3.05) is 13.7 Å². The van der Waals surface area contributed by atoms with E-state index in [0.29, 0.717) is 24.6 Å². The summed E-state index contributed by atoms with van der Waals surface area (Å²) in [7, 11) is 2.13. The highest BCUT2D eigenvalue weighted by molar-refractivity contribution is 5.88. The number of hydrogen-bond donors (Lipinski definition) is 2. The molecule has 0 saturated carbocycles. The number of fused-ring (bicyclic) bond motifs is 2. The summed E-state index contributed by atoms with van der Waals surface area (Å²) in [5.41, 5.74) is 1.94. The van der Waals surface area contributed by atoms with E-state index in [9.17, 15) is 9.90 Å². The molecule has 1 aromatic carbocycles. The zero-order valence-electron chi connectivity index (χ0n) is 13.6. The average Bonchev–Trinajstić information content (AvgIpc) is 2.99. The molecule has 5 nitrogen and oxygen atoms in total. The Hall–Kier alpha value is -1.59. The lowest BCUT2D eigenvalue weighted by Crippen LogP contribution is -2.51. The maximum Gasteiger partial charge on any atom is 0.174 e. The van der Waals surface area contributed by atoms with Crippen molar-refractivity contribution in [3.8, 4) is 11.5 Å². The molecule has 1 spiro atoms. The van der Waals surface area contributed by atoms with Gasteiger partial charge in [0.2, 0.25) is 0 Å². The predicted octanol–water partition coefficient (Wildman–Crippen LogP) is 1.90. The van der Waals surface area contributed by atoms with Crippen LogP contribution in [0.25, 0.3) is 0 Å². The Morgan fingerprint density at radius 3 is 2.96 bits per heavy atom. The molecule has 3 aliphatic rings. The molecule has 5 heteroatoms. The first kappa shape index (κ1) is 15.0. The van der Waals surface area contributed by atoms with Gasteiger partial charge in [0.1, 0.15) is 0 Å². The number of likely N-dealkylation sites (tertiary alicyclic amines) is 1. The van der Waals surface area contributed by atoms with Gasteiger partial charge >= 0.3 is 0 Å². The third kappa shape index (κ3) is 1.83. The number of carbonyl (C=O) groups excluding carboxylic acids is 1. The molecular formula is C18H23NO4. The fraction of sp³-hybridized carbons (Fsp3) is 0.611. The number of aliphatic hydroxyl groups is 1. The average molecular weight is 317 g/mol. The first-order valence-corrected chi connectivity index (χ1v) is 8.38. The molecule has 124 valence electrons. The van der Waals surface area contributed by atoms with Crippen molar-refractivity contribution >= 4 is 5.78 Å². The van der Waals surface area contributed by atoms with Gasteiger partial charge in [0, 0.05) is 36.1 Å². The fourth-order valence-electron chi connectivity index (χ4n) is 4.92. The Morgan fingerprint density at radius 1 is 1.43 bits per heavy atom. The number of benzene rings is 1. The van der Waals surface area contributed by atoms with Crippen LogP contribution >= 0.6 is 0 Å². The molecule has 0 aromatic heterocycles. The first-order valence-electron chi connectivity index (χ1n) is 8.38. The molecule has 0 amide bonds. The lowest BCUT2D eigenvalue weighted by atomic mass is 9.70. The van der Waals surface area contributed by atoms with Crippen molar-refractivity contribution in [1.82, 2.24) is 4.90 Å². The molecule has 2 unspecified atom stereocenters. The van der Waals surface area contributed by atoms with Gasteiger partial charge < -0.3 is 14.9 Å². The number of Topliss-reactive ketones (excluding diaryl/α,β-unsaturated/α-hetero) is 1. The van der Waals surface area contributed by atoms with Crippen LogP contribution < -0.4 is 4.74 Å². The van der Waals surface area contributed by atoms with Crippen LogP contribution in [0.4, 0.5) is 0 Å². The molecule has 2 N–H and O–H groups in total. The SMILES string of the molecule is CC1C[C@@]23CC(c4ccc(O)c(c42)O[C@H]3C(=O)CCCO)N1C. The van der Waals surface area contributed by atoms with Crippen LogP contribution in [0.5, 0.6) is 11.5 Å². The summed E-state index contributed by atoms with van der Waals surface area (Å²) < 4.78 is 6.00. The highest BCUT2D eigenvalue weighted by Crippen LogP contribution is 2.64. The van der Waals surface area contributed by atoms with Gasteiger partial charge in [0.15, 0.2) is 23.4 Å². The van der Waals surface area contributed by atoms with Crippen molar-refractivity contribution in [2.45, 2.75) is 56.2 Å². The van der Waals surface area contributed by atoms with E-state index < -0.39 is 6.10 Å². The molecule has 2 aliphatic heterocycles. The van der Waals surface area contributed by atoms with Crippen molar-refractivity contribution in [1.29, 1.82) is 0 Å². The van der Waals surface area contributed by atoms with E-state index in [0.717, 1.165) is 18.4 Å². The fourth-order valence-corrected chi connectivity index (χ4v) is 4.92. The maximum atomic E-state index is 12.7. The summed E-state index contributed by atoms with van der Waals surface area (Å²) in [6, 6.07) is 4.30. The van der Waals surface area contributed by atoms with Crippen LogP contribution in [-0.4, -0.2) is 46.7 Å². The number of ether oxygens (including phenoxy) is 1. The normalized spacial score (nSPS) is 34.3. The van der Waals surface area contributed by atoms with Gasteiger partial charge in [-0.1, -0.05) is 6.07 Å². The standard InChI is InChI=1S/C18H23NO4/c1-10-8-18-9-12(19(10)2)11-5-6-13(21)16(15(11)18)23-17(18)14(22)4-3-7-20/h5-6,10,12,17,20-21H,3-4,7-9H2,1-2H3/t10?,12?,17-,18+/m0/s1. The molecule has 4 rings (SSSR count). The predicted molar refractivity (Wildman–Crippen MR) is 84.7 cm³/mol. The molecular weight excluding hydrogens is 294 g/mol. The van der Waals surface area contributed by atoms with E-state index in [2.05, 4.69) is 18.9 Å². The van der Waals surface area contributed by atoms with Gasteiger partial charge in [-0.25, -0.2) is 0 Å². The zero-order valence-corrected chi connectivity index (χ0v) is 13.6. The molecule has 1 aliphatic carbocycles. The second-order valence-corrected chi connectivity index (χ2v) is 7.26. The highest BCUT2D eigenvalue weighted by Gasteiger charge is 2.62. The summed E-state index contributed by atoms with van der Waals surface area (Å²) in [4.78, 5) is 15.1. The smallest absolute Gasteiger partial charge is 0.174 e. The van der Waals surface area contributed by atoms with Crippen LogP contribution in [0, 0.1) is 0 Å². The molecule has 2 heterocycles. The number of ketones is 1. The highest BCUT2D eigenvalue weighted by atomic mass is 16.5. The third-order valence-corrected chi connectivity index (χ3v) is 6.04. The number of phenols is 1. The van der Waals surface area contributed by atoms with Crippen molar-refractivity contribution < 1.29 is 19.7 Å². The molecule has 1 fully saturated rings. The quantitative estimate of drug-likeness (QED) is 0.887. The van der Waals surface area contributed by atoms with E-state index >= 15 is 0 Å². The number of rotatable bonds is 4. The third-order valence-electron chi connectivity index (χ3n) is 6.04. The van der Waals surface area contributed by atoms with Crippen LogP contribution in [-0.2, 0) is 10.2 Å². The van der Waals surface area contributed by atoms with Crippen LogP contribution in [0.15, 0.2) is 12.1 Å². The van der Waals surface area contributed by atoms with Gasteiger partial charge in [0.05, 0.1) is 0 Å². The van der Waals surface area contributed by atoms with E-state index in [-0.39, 0.29) is 29.6 Å². The van der Waals surface area contributed by atoms with Gasteiger partial charge in [0.25, 0.3) is 0 Å². The summed E-state index contributed by atoms with van der Waals surface area (Å²) in [5, 5.41) is 19.3. The van der Waals surface area contributed by atoms with Crippen molar-refractivity contribution in [3.63, 3.8) is 0 Å². The Labute approximate surface area is 135 Å². The van der Waals surface area contributed by atoms with Gasteiger partial charge in [-0.2, -0.15) is 0 Å². The van der Waals surface area contributed by atoms with E-state index in [4.69, 9.17) is 9.84 Å². The monoisotopic (exact) mass is 317 g/mol. The number of aliphatic hydroxyl groups excluding tert-OH is 1. The lowest BCUT2D eigenvalue weighted by Gasteiger charge is -2.43. The Kier molecular flexibility index (Phi) is 3.22. The first-order chi connectivity index (χ1) is 11.0. The Morgan fingerprint density at radius 2 is 2.22 bits per heavy atom. The molecule has 2 bridgehead atoms. The van der Waals surface area contributed by atoms with Crippen molar-refractivity contribution in [3.05, 3.63) is 23.3 Å². The largest absolute Gasteiger partial charge is 0.504 e. The van der Waals surface area contributed by atoms with Gasteiger partial charge in [-0.3, -0.25) is 9.69 Å². The van der Waals surface area contributed by atoms with E-state index in [1.165, 1.54) is 5.56 Å². The van der Waals surface area contributed by atoms with Crippen LogP contribution in [0.2, 0.25) is 0 Å². The molecule has 1 saturated heterocycles. The minimum absolute atomic E-state index is 0.0106. The minimum atomic E-state index is -0.530. The summed E-state index contributed by atoms with van der Waals surface area (Å²) in [6.07, 6.45) is 1.98. The summed E-state index contributed by atoms with van der Waals surface area (Å²) >= 11 is 0. The molecule has 0 radical (unpaired) electrons. The summed E-state index contributed by atoms with van der Waals surface area (Å²) in [5.74, 6) is 0.677. The number of hydrogen-bond acceptors (Lipinski definition) is 5. The summed E-state index contributed by atoms with van der Waals surface area (Å²) in [6.45, 7) is 2.20. The number of aromatic hydroxyl groups is 1. The Balaban J connectivity index is 1.82. The zero-order chi connectivity index (χ0) is 16.4. The molecule has 4 atom stereocenters. The second-order valence-electron chi connectivity index (χ2n) is 7.26. The van der Waals surface area contributed by atoms with E-state index in [1.54, 1.807) is 6.07 Å². The minimum Gasteiger partial charge on any atom is -0.504 e. The van der Waals surface area contributed by atoms with Crippen LogP contribution in [0.1, 0.15) is 49.8 Å². The van der Waals surface area contributed by atoms with Gasteiger partial charge in [-0.15, -0.1) is 0 Å². The van der Waals surface area contributed by atoms with E-state index in [1.807, 2.05) is 6.07 Å². The number of phenolic OH excluding ortho intramolecular Hbond substituents is 1. The molecule has 1 aromatic rings. The topological polar surface area (TPSA) is 70.0 Å². The number of nitrogens with zero attached hydrogens (tertiary/aromatic N) is 1. The van der Waals surface area contributed by atoms with Crippen LogP contribution in [0.3, 0.4) is 0 Å². The van der Waals surface area contributed by atoms with Crippen molar-refractivity contribution in [2.24, 2.45) is 0 Å². The maximum absolute atomic E-state index is 12.7. The second kappa shape index (κ2) is 4.95. The number of carbonyl (C=O) groups is 1. The lowest BCUT2D eigenvalue weighted by molar-refractivity contribution is -0.129. The van der Waals surface area contributed by atoms with Gasteiger partial charge in [-0.05, 0) is 44.9 Å². The molecule has 23 heavy (non-hydrogen) atoms. The Bertz CT molecular complexity index is 669.